The third-order valence-corrected chi connectivity index (χ3v) is 5.15. The van der Waals surface area contributed by atoms with Crippen molar-refractivity contribution in [2.24, 2.45) is 5.41 Å². The Kier molecular flexibility index (Phi) is 4.36. The molecule has 0 saturated carbocycles. The number of carbonyl (C=O) groups is 2. The van der Waals surface area contributed by atoms with Crippen LogP contribution in [0.2, 0.25) is 5.02 Å². The van der Waals surface area contributed by atoms with Crippen LogP contribution in [0.5, 0.6) is 5.75 Å². The molecule has 0 aliphatic heterocycles. The molecule has 1 amide bonds. The van der Waals surface area contributed by atoms with Crippen LogP contribution in [-0.2, 0) is 6.42 Å². The van der Waals surface area contributed by atoms with E-state index in [4.69, 9.17) is 16.3 Å². The average Bonchev–Trinajstić information content (AvgIpc) is 2.88. The van der Waals surface area contributed by atoms with Gasteiger partial charge in [-0.2, -0.15) is 0 Å². The summed E-state index contributed by atoms with van der Waals surface area (Å²) >= 11 is 7.18. The van der Waals surface area contributed by atoms with Crippen molar-refractivity contribution < 1.29 is 14.3 Å². The molecular formula is C17H17ClN2O3S. The van der Waals surface area contributed by atoms with E-state index in [1.165, 1.54) is 24.5 Å². The Labute approximate surface area is 149 Å². The van der Waals surface area contributed by atoms with E-state index in [1.54, 1.807) is 12.1 Å². The molecule has 0 atom stereocenters. The molecule has 1 aromatic carbocycles. The van der Waals surface area contributed by atoms with Crippen LogP contribution in [0.25, 0.3) is 0 Å². The maximum absolute atomic E-state index is 12.5. The summed E-state index contributed by atoms with van der Waals surface area (Å²) in [6, 6.07) is 4.83. The Hall–Kier alpha value is -1.92. The maximum Gasteiger partial charge on any atom is 0.261 e. The summed E-state index contributed by atoms with van der Waals surface area (Å²) < 4.78 is 5.19. The number of ether oxygens (including phenoxy) is 1. The molecular weight excluding hydrogens is 348 g/mol. The van der Waals surface area contributed by atoms with Gasteiger partial charge in [0.1, 0.15) is 5.75 Å². The van der Waals surface area contributed by atoms with Gasteiger partial charge in [-0.15, -0.1) is 0 Å². The number of fused-ring (bicyclic) bond motifs is 1. The summed E-state index contributed by atoms with van der Waals surface area (Å²) in [5, 5.41) is 3.60. The van der Waals surface area contributed by atoms with E-state index in [0.29, 0.717) is 32.8 Å². The minimum Gasteiger partial charge on any atom is -0.496 e. The quantitative estimate of drug-likeness (QED) is 0.885. The summed E-state index contributed by atoms with van der Waals surface area (Å²) in [5.41, 5.74) is 0.981. The number of nitrogens with one attached hydrogen (secondary N) is 1. The standard InChI is InChI=1S/C17H17ClN2O3S/c1-17(2)7-11-14(12(21)8-17)24-16(19-11)20-15(22)10-6-9(18)4-5-13(10)23-3/h4-6H,7-8H2,1-3H3,(H,19,20,22). The van der Waals surface area contributed by atoms with Gasteiger partial charge in [0.2, 0.25) is 0 Å². The van der Waals surface area contributed by atoms with Crippen LogP contribution >= 0.6 is 22.9 Å². The minimum atomic E-state index is -0.368. The Balaban J connectivity index is 1.87. The molecule has 24 heavy (non-hydrogen) atoms. The second-order valence-corrected chi connectivity index (χ2v) is 7.97. The first-order valence-electron chi connectivity index (χ1n) is 7.47. The SMILES string of the molecule is COc1ccc(Cl)cc1C(=O)Nc1nc2c(s1)C(=O)CC(C)(C)C2. The Morgan fingerprint density at radius 1 is 1.38 bits per heavy atom. The predicted octanol–water partition coefficient (Wildman–Crippen LogP) is 4.21. The van der Waals surface area contributed by atoms with Gasteiger partial charge in [0, 0.05) is 11.4 Å². The zero-order valence-electron chi connectivity index (χ0n) is 13.6. The van der Waals surface area contributed by atoms with E-state index in [1.807, 2.05) is 13.8 Å². The lowest BCUT2D eigenvalue weighted by Crippen LogP contribution is -2.26. The van der Waals surface area contributed by atoms with Crippen LogP contribution in [0.1, 0.15) is 46.0 Å². The molecule has 1 aromatic heterocycles. The Morgan fingerprint density at radius 2 is 2.12 bits per heavy atom. The van der Waals surface area contributed by atoms with E-state index in [2.05, 4.69) is 10.3 Å². The number of anilines is 1. The van der Waals surface area contributed by atoms with Crippen molar-refractivity contribution in [1.82, 2.24) is 4.98 Å². The molecule has 1 aliphatic carbocycles. The van der Waals surface area contributed by atoms with Gasteiger partial charge in [0.05, 0.1) is 23.2 Å². The highest BCUT2D eigenvalue weighted by Crippen LogP contribution is 2.38. The lowest BCUT2D eigenvalue weighted by molar-refractivity contribution is 0.0915. The monoisotopic (exact) mass is 364 g/mol. The van der Waals surface area contributed by atoms with Gasteiger partial charge >= 0.3 is 0 Å². The normalized spacial score (nSPS) is 15.8. The number of aromatic nitrogens is 1. The highest BCUT2D eigenvalue weighted by atomic mass is 35.5. The number of thiazole rings is 1. The van der Waals surface area contributed by atoms with Gasteiger partial charge in [0.25, 0.3) is 5.91 Å². The summed E-state index contributed by atoms with van der Waals surface area (Å²) in [4.78, 5) is 29.8. The highest BCUT2D eigenvalue weighted by molar-refractivity contribution is 7.17. The van der Waals surface area contributed by atoms with E-state index in [0.717, 1.165) is 12.1 Å². The average molecular weight is 365 g/mol. The van der Waals surface area contributed by atoms with Gasteiger partial charge in [-0.3, -0.25) is 14.9 Å². The van der Waals surface area contributed by atoms with Gasteiger partial charge in [-0.1, -0.05) is 36.8 Å². The summed E-state index contributed by atoms with van der Waals surface area (Å²) in [5.74, 6) is 0.141. The number of methoxy groups -OCH3 is 1. The third-order valence-electron chi connectivity index (χ3n) is 3.86. The molecule has 0 fully saturated rings. The number of nitrogens with zero attached hydrogens (tertiary/aromatic N) is 1. The molecule has 0 saturated heterocycles. The molecule has 1 aliphatic rings. The van der Waals surface area contributed by atoms with Crippen molar-refractivity contribution >= 4 is 39.8 Å². The molecule has 0 spiro atoms. The Bertz CT molecular complexity index is 829. The van der Waals surface area contributed by atoms with E-state index in [9.17, 15) is 9.59 Å². The van der Waals surface area contributed by atoms with Crippen LogP contribution < -0.4 is 10.1 Å². The van der Waals surface area contributed by atoms with E-state index < -0.39 is 0 Å². The molecule has 3 rings (SSSR count). The van der Waals surface area contributed by atoms with Gasteiger partial charge in [0.15, 0.2) is 10.9 Å². The number of hydrogen-bond donors (Lipinski definition) is 1. The maximum atomic E-state index is 12.5. The second-order valence-electron chi connectivity index (χ2n) is 6.53. The van der Waals surface area contributed by atoms with Crippen molar-refractivity contribution in [2.75, 3.05) is 12.4 Å². The van der Waals surface area contributed by atoms with Gasteiger partial charge in [-0.25, -0.2) is 4.98 Å². The molecule has 126 valence electrons. The van der Waals surface area contributed by atoms with E-state index >= 15 is 0 Å². The number of amides is 1. The second kappa shape index (κ2) is 6.18. The summed E-state index contributed by atoms with van der Waals surface area (Å²) in [7, 11) is 1.49. The first-order valence-corrected chi connectivity index (χ1v) is 8.66. The minimum absolute atomic E-state index is 0.0829. The van der Waals surface area contributed by atoms with Crippen molar-refractivity contribution in [3.05, 3.63) is 39.4 Å². The molecule has 1 heterocycles. The van der Waals surface area contributed by atoms with Crippen LogP contribution in [0.3, 0.4) is 0 Å². The van der Waals surface area contributed by atoms with Gasteiger partial charge < -0.3 is 4.74 Å². The Morgan fingerprint density at radius 3 is 2.83 bits per heavy atom. The first-order chi connectivity index (χ1) is 11.3. The molecule has 0 radical (unpaired) electrons. The topological polar surface area (TPSA) is 68.3 Å². The van der Waals surface area contributed by atoms with Crippen molar-refractivity contribution in [3.63, 3.8) is 0 Å². The molecule has 0 unspecified atom stereocenters. The van der Waals surface area contributed by atoms with Crippen LogP contribution in [0, 0.1) is 5.41 Å². The lowest BCUT2D eigenvalue weighted by atomic mass is 9.78. The third kappa shape index (κ3) is 3.30. The fourth-order valence-corrected chi connectivity index (χ4v) is 3.88. The van der Waals surface area contributed by atoms with Crippen molar-refractivity contribution in [1.29, 1.82) is 0 Å². The number of halogens is 1. The number of benzene rings is 1. The lowest BCUT2D eigenvalue weighted by Gasteiger charge is -2.26. The van der Waals surface area contributed by atoms with Crippen molar-refractivity contribution in [2.45, 2.75) is 26.7 Å². The van der Waals surface area contributed by atoms with Crippen LogP contribution in [0.15, 0.2) is 18.2 Å². The number of carbonyl (C=O) groups excluding carboxylic acids is 2. The smallest absolute Gasteiger partial charge is 0.261 e. The number of ketones is 1. The van der Waals surface area contributed by atoms with Crippen LogP contribution in [-0.4, -0.2) is 23.8 Å². The molecule has 2 aromatic rings. The zero-order chi connectivity index (χ0) is 17.5. The number of hydrogen-bond acceptors (Lipinski definition) is 5. The largest absolute Gasteiger partial charge is 0.496 e. The number of rotatable bonds is 3. The van der Waals surface area contributed by atoms with Crippen LogP contribution in [0.4, 0.5) is 5.13 Å². The number of Topliss-reactive ketones (excluding diaryl/α,β-unsaturated/α-hetero) is 1. The predicted molar refractivity (Wildman–Crippen MR) is 94.5 cm³/mol. The van der Waals surface area contributed by atoms with Crippen molar-refractivity contribution in [3.8, 4) is 5.75 Å². The zero-order valence-corrected chi connectivity index (χ0v) is 15.2. The molecule has 7 heteroatoms. The summed E-state index contributed by atoms with van der Waals surface area (Å²) in [6.45, 7) is 4.09. The summed E-state index contributed by atoms with van der Waals surface area (Å²) in [6.07, 6.45) is 1.22. The highest BCUT2D eigenvalue weighted by Gasteiger charge is 2.34. The van der Waals surface area contributed by atoms with E-state index in [-0.39, 0.29) is 17.1 Å². The molecule has 1 N–H and O–H groups in total. The fraction of sp³-hybridized carbons (Fsp3) is 0.353. The molecule has 0 bridgehead atoms. The van der Waals surface area contributed by atoms with Gasteiger partial charge in [-0.05, 0) is 30.0 Å². The first kappa shape index (κ1) is 16.9. The fourth-order valence-electron chi connectivity index (χ4n) is 2.80. The molecule has 5 nitrogen and oxygen atoms in total.